The number of nitriles is 1. The highest BCUT2D eigenvalue weighted by Gasteiger charge is 2.34. The van der Waals surface area contributed by atoms with Gasteiger partial charge in [-0.05, 0) is 18.3 Å². The maximum absolute atomic E-state index is 8.62. The van der Waals surface area contributed by atoms with Crippen molar-refractivity contribution in [2.75, 3.05) is 5.32 Å². The van der Waals surface area contributed by atoms with Crippen LogP contribution in [0.2, 0.25) is 0 Å². The molecule has 4 heteroatoms. The van der Waals surface area contributed by atoms with E-state index < -0.39 is 0 Å². The average molecular weight is 216 g/mol. The van der Waals surface area contributed by atoms with Crippen LogP contribution in [-0.2, 0) is 0 Å². The number of anilines is 1. The van der Waals surface area contributed by atoms with Gasteiger partial charge in [-0.15, -0.1) is 0 Å². The molecule has 0 saturated heterocycles. The van der Waals surface area contributed by atoms with Crippen LogP contribution in [0.4, 0.5) is 5.82 Å². The van der Waals surface area contributed by atoms with Gasteiger partial charge in [0.05, 0.1) is 12.4 Å². The molecule has 1 atom stereocenters. The Hall–Kier alpha value is -1.63. The minimum atomic E-state index is 0.315. The molecule has 4 nitrogen and oxygen atoms in total. The number of nitrogens with one attached hydrogen (secondary N) is 1. The standard InChI is InChI=1S/C12H16N4/c1-12(2)5-3-4-10(12)16-11-8-14-9(6-13)7-15-11/h7-8,10H,3-5H2,1-2H3,(H,15,16). The molecule has 1 unspecified atom stereocenters. The second-order valence-corrected chi connectivity index (χ2v) is 4.98. The lowest BCUT2D eigenvalue weighted by molar-refractivity contribution is 0.349. The van der Waals surface area contributed by atoms with Gasteiger partial charge in [0, 0.05) is 6.04 Å². The van der Waals surface area contributed by atoms with Gasteiger partial charge in [0.1, 0.15) is 11.9 Å². The summed E-state index contributed by atoms with van der Waals surface area (Å²) >= 11 is 0. The Morgan fingerprint density at radius 1 is 1.44 bits per heavy atom. The van der Waals surface area contributed by atoms with Crippen molar-refractivity contribution in [3.8, 4) is 6.07 Å². The number of hydrogen-bond donors (Lipinski definition) is 1. The van der Waals surface area contributed by atoms with Crippen LogP contribution >= 0.6 is 0 Å². The Morgan fingerprint density at radius 2 is 2.25 bits per heavy atom. The van der Waals surface area contributed by atoms with Gasteiger partial charge in [0.25, 0.3) is 0 Å². The highest BCUT2D eigenvalue weighted by atomic mass is 15.0. The lowest BCUT2D eigenvalue weighted by atomic mass is 9.87. The third kappa shape index (κ3) is 2.13. The molecule has 0 bridgehead atoms. The van der Waals surface area contributed by atoms with E-state index in [-0.39, 0.29) is 0 Å². The first-order chi connectivity index (χ1) is 7.62. The molecule has 1 fully saturated rings. The molecule has 1 aromatic heterocycles. The second-order valence-electron chi connectivity index (χ2n) is 4.98. The molecule has 1 aliphatic carbocycles. The molecule has 0 amide bonds. The third-order valence-electron chi connectivity index (χ3n) is 3.35. The quantitative estimate of drug-likeness (QED) is 0.824. The molecule has 0 radical (unpaired) electrons. The molecule has 2 rings (SSSR count). The van der Waals surface area contributed by atoms with E-state index in [1.54, 1.807) is 6.20 Å². The molecule has 1 N–H and O–H groups in total. The lowest BCUT2D eigenvalue weighted by Crippen LogP contribution is -2.31. The lowest BCUT2D eigenvalue weighted by Gasteiger charge is -2.28. The van der Waals surface area contributed by atoms with E-state index in [1.165, 1.54) is 25.5 Å². The van der Waals surface area contributed by atoms with Crippen molar-refractivity contribution in [3.63, 3.8) is 0 Å². The van der Waals surface area contributed by atoms with Crippen molar-refractivity contribution >= 4 is 5.82 Å². The summed E-state index contributed by atoms with van der Waals surface area (Å²) in [6.07, 6.45) is 6.81. The molecule has 1 saturated carbocycles. The zero-order valence-corrected chi connectivity index (χ0v) is 9.70. The fourth-order valence-electron chi connectivity index (χ4n) is 2.23. The fourth-order valence-corrected chi connectivity index (χ4v) is 2.23. The van der Waals surface area contributed by atoms with E-state index in [2.05, 4.69) is 29.1 Å². The smallest absolute Gasteiger partial charge is 0.158 e. The van der Waals surface area contributed by atoms with E-state index in [9.17, 15) is 0 Å². The number of rotatable bonds is 2. The summed E-state index contributed by atoms with van der Waals surface area (Å²) in [5.74, 6) is 0.763. The van der Waals surface area contributed by atoms with Gasteiger partial charge in [-0.2, -0.15) is 5.26 Å². The molecule has 0 spiro atoms. The molecule has 1 aromatic rings. The van der Waals surface area contributed by atoms with E-state index in [0.717, 1.165) is 5.82 Å². The molecular weight excluding hydrogens is 200 g/mol. The van der Waals surface area contributed by atoms with Gasteiger partial charge >= 0.3 is 0 Å². The number of aromatic nitrogens is 2. The zero-order chi connectivity index (χ0) is 11.6. The molecule has 16 heavy (non-hydrogen) atoms. The topological polar surface area (TPSA) is 61.6 Å². The monoisotopic (exact) mass is 216 g/mol. The SMILES string of the molecule is CC1(C)CCCC1Nc1cnc(C#N)cn1. The van der Waals surface area contributed by atoms with E-state index in [1.807, 2.05) is 6.07 Å². The fraction of sp³-hybridized carbons (Fsp3) is 0.583. The Morgan fingerprint density at radius 3 is 2.75 bits per heavy atom. The van der Waals surface area contributed by atoms with E-state index >= 15 is 0 Å². The summed E-state index contributed by atoms with van der Waals surface area (Å²) in [6, 6.07) is 2.42. The summed E-state index contributed by atoms with van der Waals surface area (Å²) in [5.41, 5.74) is 0.673. The van der Waals surface area contributed by atoms with Crippen molar-refractivity contribution in [2.24, 2.45) is 5.41 Å². The van der Waals surface area contributed by atoms with Crippen LogP contribution in [0.25, 0.3) is 0 Å². The first-order valence-electron chi connectivity index (χ1n) is 5.60. The summed E-state index contributed by atoms with van der Waals surface area (Å²) in [7, 11) is 0. The normalized spacial score (nSPS) is 22.7. The van der Waals surface area contributed by atoms with Crippen molar-refractivity contribution in [2.45, 2.75) is 39.2 Å². The van der Waals surface area contributed by atoms with Crippen molar-refractivity contribution in [3.05, 3.63) is 18.1 Å². The van der Waals surface area contributed by atoms with Gasteiger partial charge in [-0.25, -0.2) is 9.97 Å². The summed E-state index contributed by atoms with van der Waals surface area (Å²) in [5, 5.41) is 12.0. The van der Waals surface area contributed by atoms with Gasteiger partial charge in [0.15, 0.2) is 5.69 Å². The summed E-state index contributed by atoms with van der Waals surface area (Å²) in [4.78, 5) is 8.18. The largest absolute Gasteiger partial charge is 0.366 e. The maximum atomic E-state index is 8.62. The van der Waals surface area contributed by atoms with Crippen molar-refractivity contribution in [1.82, 2.24) is 9.97 Å². The number of nitrogens with zero attached hydrogens (tertiary/aromatic N) is 3. The highest BCUT2D eigenvalue weighted by Crippen LogP contribution is 2.38. The Bertz CT molecular complexity index is 402. The van der Waals surface area contributed by atoms with E-state index in [4.69, 9.17) is 5.26 Å². The number of hydrogen-bond acceptors (Lipinski definition) is 4. The van der Waals surface area contributed by atoms with Crippen molar-refractivity contribution < 1.29 is 0 Å². The second kappa shape index (κ2) is 4.09. The predicted molar refractivity (Wildman–Crippen MR) is 61.8 cm³/mol. The van der Waals surface area contributed by atoms with Crippen LogP contribution in [0.3, 0.4) is 0 Å². The van der Waals surface area contributed by atoms with Gasteiger partial charge in [-0.3, -0.25) is 0 Å². The van der Waals surface area contributed by atoms with Crippen LogP contribution in [0.1, 0.15) is 38.8 Å². The zero-order valence-electron chi connectivity index (χ0n) is 9.70. The van der Waals surface area contributed by atoms with Gasteiger partial charge in [0.2, 0.25) is 0 Å². The minimum absolute atomic E-state index is 0.315. The molecule has 84 valence electrons. The summed E-state index contributed by atoms with van der Waals surface area (Å²) in [6.45, 7) is 4.55. The molecule has 1 aliphatic rings. The predicted octanol–water partition coefficient (Wildman–Crippen LogP) is 2.34. The van der Waals surface area contributed by atoms with Crippen LogP contribution in [0.15, 0.2) is 12.4 Å². The Kier molecular flexibility index (Phi) is 2.78. The third-order valence-corrected chi connectivity index (χ3v) is 3.35. The van der Waals surface area contributed by atoms with Crippen LogP contribution in [-0.4, -0.2) is 16.0 Å². The molecule has 0 aromatic carbocycles. The summed E-state index contributed by atoms with van der Waals surface area (Å²) < 4.78 is 0. The van der Waals surface area contributed by atoms with Crippen molar-refractivity contribution in [1.29, 1.82) is 5.26 Å². The minimum Gasteiger partial charge on any atom is -0.366 e. The van der Waals surface area contributed by atoms with Crippen LogP contribution < -0.4 is 5.32 Å². The van der Waals surface area contributed by atoms with Gasteiger partial charge < -0.3 is 5.32 Å². The molecular formula is C12H16N4. The average Bonchev–Trinajstić information content (AvgIpc) is 2.59. The molecule has 0 aliphatic heterocycles. The van der Waals surface area contributed by atoms with Crippen LogP contribution in [0.5, 0.6) is 0 Å². The first-order valence-corrected chi connectivity index (χ1v) is 5.60. The Labute approximate surface area is 95.7 Å². The molecule has 1 heterocycles. The van der Waals surface area contributed by atoms with Gasteiger partial charge in [-0.1, -0.05) is 20.3 Å². The van der Waals surface area contributed by atoms with E-state index in [0.29, 0.717) is 17.2 Å². The van der Waals surface area contributed by atoms with Crippen LogP contribution in [0, 0.1) is 16.7 Å². The first kappa shape index (κ1) is 10.9. The maximum Gasteiger partial charge on any atom is 0.158 e. The highest BCUT2D eigenvalue weighted by molar-refractivity contribution is 5.35. The Balaban J connectivity index is 2.07.